The molecule has 0 aromatic heterocycles. The van der Waals surface area contributed by atoms with Crippen molar-refractivity contribution in [3.05, 3.63) is 0 Å². The lowest BCUT2D eigenvalue weighted by atomic mass is 10.1. The predicted octanol–water partition coefficient (Wildman–Crippen LogP) is 12.8. The first-order valence-corrected chi connectivity index (χ1v) is 25.4. The van der Waals surface area contributed by atoms with E-state index in [0.29, 0.717) is 54.5 Å². The molecule has 0 amide bonds. The van der Waals surface area contributed by atoms with Crippen molar-refractivity contribution in [2.75, 3.05) is 107 Å². The van der Waals surface area contributed by atoms with E-state index in [4.69, 9.17) is 37.9 Å². The topological polar surface area (TPSA) is 80.3 Å². The Balaban J connectivity index is -0.000000161. The van der Waals surface area contributed by atoms with Gasteiger partial charge in [-0.2, -0.15) is 0 Å². The van der Waals surface area contributed by atoms with Gasteiger partial charge in [0.1, 0.15) is 0 Å². The molecule has 5 unspecified atom stereocenters. The Labute approximate surface area is 397 Å². The minimum Gasteiger partial charge on any atom is -0.382 e. The predicted molar refractivity (Wildman–Crippen MR) is 277 cm³/mol. The first-order valence-electron chi connectivity index (χ1n) is 25.4. The molecule has 0 spiro atoms. The number of ether oxygens (including phenoxy) is 8. The van der Waals surface area contributed by atoms with Crippen molar-refractivity contribution in [1.29, 1.82) is 0 Å². The molecule has 0 radical (unpaired) electrons. The highest BCUT2D eigenvalue weighted by atomic mass is 16.5. The van der Waals surface area contributed by atoms with E-state index in [2.05, 4.69) is 155 Å². The van der Waals surface area contributed by atoms with Crippen LogP contribution in [-0.4, -0.2) is 153 Å². The van der Waals surface area contributed by atoms with Gasteiger partial charge in [-0.25, -0.2) is 0 Å². The van der Waals surface area contributed by atoms with Crippen molar-refractivity contribution in [2.24, 2.45) is 29.6 Å². The van der Waals surface area contributed by atoms with E-state index in [1.807, 2.05) is 6.92 Å². The van der Waals surface area contributed by atoms with E-state index in [-0.39, 0.29) is 25.7 Å². The first kappa shape index (κ1) is 74.1. The third kappa shape index (κ3) is 54.1. The molecule has 390 valence electrons. The Morgan fingerprint density at radius 2 is 0.683 bits per heavy atom. The zero-order valence-corrected chi connectivity index (χ0v) is 46.2. The van der Waals surface area contributed by atoms with Gasteiger partial charge in [0.05, 0.1) is 56.4 Å². The van der Waals surface area contributed by atoms with Gasteiger partial charge in [-0.1, -0.05) is 125 Å². The van der Waals surface area contributed by atoms with Gasteiger partial charge in [0, 0.05) is 59.8 Å². The fourth-order valence-electron chi connectivity index (χ4n) is 5.34. The Bertz CT molecular complexity index is 804. The van der Waals surface area contributed by atoms with Crippen LogP contribution in [0, 0.1) is 29.6 Å². The van der Waals surface area contributed by atoms with Gasteiger partial charge in [-0.15, -0.1) is 0 Å². The molecule has 0 bridgehead atoms. The summed E-state index contributed by atoms with van der Waals surface area (Å²) >= 11 is 0. The van der Waals surface area contributed by atoms with Gasteiger partial charge in [-0.05, 0) is 110 Å². The standard InChI is InChI=1S/C12H27NO.C11H24O2.C10H23NO.C10H22O2.C9H20O2.CH4/c1-6-9-14-12(11(4)5)10-13(7-2)8-3;1-6-7-12-11(9(2)3)8-13-10(4)5;1-6-7-12-10(9(2)3)8-11(4)5;1-5-7-12-10(9(3)4)8-11-6-2;1-5-6-11-9(7-10-4)8(2)3;/h11-12H,6-10H2,1-5H3;9-11H,6-8H2,1-5H3;9-10H,6-8H2,1-5H3;9-10H,5-8H2,1-4H3;8-9H,5-7H2,1-4H3;1H4. The average molecular weight is 914 g/mol. The fraction of sp³-hybridized carbons (Fsp3) is 1.00. The third-order valence-corrected chi connectivity index (χ3v) is 9.69. The van der Waals surface area contributed by atoms with Crippen LogP contribution >= 0.6 is 0 Å². The SMILES string of the molecule is C.CCCOC(CN(C)C)C(C)C.CCCOC(CN(CC)CC)C(C)C.CCCOC(COC(C)C)C(C)C.CCCOC(COC)C(C)C.CCCOC(COCC)C(C)C. The van der Waals surface area contributed by atoms with Crippen molar-refractivity contribution in [2.45, 2.75) is 215 Å². The Kier molecular flexibility index (Phi) is 63.8. The summed E-state index contributed by atoms with van der Waals surface area (Å²) in [5.41, 5.74) is 0. The van der Waals surface area contributed by atoms with Crippen LogP contribution in [0.3, 0.4) is 0 Å². The molecule has 63 heavy (non-hydrogen) atoms. The van der Waals surface area contributed by atoms with Gasteiger partial charge >= 0.3 is 0 Å². The van der Waals surface area contributed by atoms with E-state index in [0.717, 1.165) is 111 Å². The highest BCUT2D eigenvalue weighted by Crippen LogP contribution is 2.12. The summed E-state index contributed by atoms with van der Waals surface area (Å²) in [7, 11) is 5.89. The zero-order valence-electron chi connectivity index (χ0n) is 46.2. The molecular weight excluding hydrogens is 793 g/mol. The molecule has 0 rings (SSSR count). The molecule has 0 aromatic carbocycles. The molecule has 0 heterocycles. The van der Waals surface area contributed by atoms with Crippen molar-refractivity contribution >= 4 is 0 Å². The third-order valence-electron chi connectivity index (χ3n) is 9.69. The Hall–Kier alpha value is -0.400. The normalized spacial score (nSPS) is 13.8. The number of nitrogens with zero attached hydrogens (tertiary/aromatic N) is 2. The fourth-order valence-corrected chi connectivity index (χ4v) is 5.34. The average Bonchev–Trinajstić information content (AvgIpc) is 3.21. The minimum absolute atomic E-state index is 0. The zero-order chi connectivity index (χ0) is 48.9. The second kappa shape index (κ2) is 54.2. The number of rotatable bonds is 34. The molecule has 0 aliphatic heterocycles. The molecule has 0 aromatic rings. The maximum Gasteiger partial charge on any atom is 0.0831 e. The number of hydrogen-bond acceptors (Lipinski definition) is 10. The molecule has 0 fully saturated rings. The monoisotopic (exact) mass is 913 g/mol. The van der Waals surface area contributed by atoms with Crippen molar-refractivity contribution in [3.63, 3.8) is 0 Å². The smallest absolute Gasteiger partial charge is 0.0831 e. The van der Waals surface area contributed by atoms with Crippen molar-refractivity contribution < 1.29 is 37.9 Å². The Morgan fingerprint density at radius 3 is 0.937 bits per heavy atom. The summed E-state index contributed by atoms with van der Waals surface area (Å²) in [6, 6.07) is 0. The summed E-state index contributed by atoms with van der Waals surface area (Å²) in [5.74, 6) is 2.84. The molecular formula is C53H120N2O8. The molecule has 0 aliphatic rings. The van der Waals surface area contributed by atoms with Crippen LogP contribution in [0.15, 0.2) is 0 Å². The van der Waals surface area contributed by atoms with E-state index in [1.54, 1.807) is 7.11 Å². The summed E-state index contributed by atoms with van der Waals surface area (Å²) in [6.07, 6.45) is 7.32. The van der Waals surface area contributed by atoms with E-state index in [9.17, 15) is 0 Å². The second-order valence-electron chi connectivity index (χ2n) is 18.5. The minimum atomic E-state index is 0. The maximum atomic E-state index is 5.85. The van der Waals surface area contributed by atoms with Crippen LogP contribution in [0.5, 0.6) is 0 Å². The lowest BCUT2D eigenvalue weighted by Gasteiger charge is -2.28. The van der Waals surface area contributed by atoms with Crippen molar-refractivity contribution in [1.82, 2.24) is 9.80 Å². The van der Waals surface area contributed by atoms with E-state index >= 15 is 0 Å². The highest BCUT2D eigenvalue weighted by molar-refractivity contribution is 4.68. The molecule has 10 nitrogen and oxygen atoms in total. The second-order valence-corrected chi connectivity index (χ2v) is 18.5. The lowest BCUT2D eigenvalue weighted by molar-refractivity contribution is -0.0545. The van der Waals surface area contributed by atoms with Gasteiger partial charge in [0.2, 0.25) is 0 Å². The van der Waals surface area contributed by atoms with Crippen LogP contribution < -0.4 is 0 Å². The molecule has 0 N–H and O–H groups in total. The number of methoxy groups -OCH3 is 1. The number of hydrogen-bond donors (Lipinski definition) is 0. The highest BCUT2D eigenvalue weighted by Gasteiger charge is 2.17. The van der Waals surface area contributed by atoms with Crippen LogP contribution in [0.25, 0.3) is 0 Å². The molecule has 0 aliphatic carbocycles. The van der Waals surface area contributed by atoms with Crippen LogP contribution in [0.2, 0.25) is 0 Å². The first-order chi connectivity index (χ1) is 29.2. The van der Waals surface area contributed by atoms with Gasteiger partial charge in [0.15, 0.2) is 0 Å². The van der Waals surface area contributed by atoms with Gasteiger partial charge < -0.3 is 47.7 Å². The van der Waals surface area contributed by atoms with E-state index < -0.39 is 0 Å². The van der Waals surface area contributed by atoms with Crippen LogP contribution in [-0.2, 0) is 37.9 Å². The Morgan fingerprint density at radius 1 is 0.381 bits per heavy atom. The molecule has 5 atom stereocenters. The number of likely N-dealkylation sites (N-methyl/N-ethyl adjacent to an activating group) is 2. The van der Waals surface area contributed by atoms with Gasteiger partial charge in [0.25, 0.3) is 0 Å². The molecule has 0 saturated heterocycles. The quantitative estimate of drug-likeness (QED) is 0.0623. The van der Waals surface area contributed by atoms with Crippen LogP contribution in [0.1, 0.15) is 178 Å². The van der Waals surface area contributed by atoms with Crippen molar-refractivity contribution in [3.8, 4) is 0 Å². The summed E-state index contributed by atoms with van der Waals surface area (Å²) in [4.78, 5) is 4.61. The maximum absolute atomic E-state index is 5.85. The molecule has 10 heteroatoms. The summed E-state index contributed by atoms with van der Waals surface area (Å²) in [5, 5.41) is 0. The summed E-state index contributed by atoms with van der Waals surface area (Å²) in [6.45, 7) is 54.7. The molecule has 0 saturated carbocycles. The van der Waals surface area contributed by atoms with Gasteiger partial charge in [-0.3, -0.25) is 0 Å². The summed E-state index contributed by atoms with van der Waals surface area (Å²) < 4.78 is 44.3. The lowest BCUT2D eigenvalue weighted by Crippen LogP contribution is -2.36. The van der Waals surface area contributed by atoms with Crippen LogP contribution in [0.4, 0.5) is 0 Å². The van der Waals surface area contributed by atoms with E-state index in [1.165, 1.54) is 0 Å². The largest absolute Gasteiger partial charge is 0.382 e.